The smallest absolute Gasteiger partial charge is 0.246 e. The molecule has 31 heavy (non-hydrogen) atoms. The number of rotatable bonds is 7. The number of anilines is 2. The molecule has 1 heterocycles. The summed E-state index contributed by atoms with van der Waals surface area (Å²) in [7, 11) is -3.11. The van der Waals surface area contributed by atoms with Crippen molar-refractivity contribution in [3.63, 3.8) is 0 Å². The third kappa shape index (κ3) is 5.48. The highest BCUT2D eigenvalue weighted by Crippen LogP contribution is 2.33. The molecule has 1 saturated heterocycles. The fourth-order valence-electron chi connectivity index (χ4n) is 3.70. The Bertz CT molecular complexity index is 1140. The van der Waals surface area contributed by atoms with Crippen molar-refractivity contribution >= 4 is 38.9 Å². The second-order valence-corrected chi connectivity index (χ2v) is 10.8. The third-order valence-electron chi connectivity index (χ3n) is 5.16. The molecule has 7 heteroatoms. The van der Waals surface area contributed by atoms with Gasteiger partial charge in [-0.15, -0.1) is 0 Å². The van der Waals surface area contributed by atoms with E-state index in [0.29, 0.717) is 6.42 Å². The standard InChI is InChI=1S/C24H24N2O3S2/c27-24(26(19-9-3-1-4-10-19)20-15-16-31(28,29)18-20)17-25-22-13-7-8-14-23(22)30-21-11-5-2-6-12-21/h1-14,20,25H,15-18H2. The Hall–Kier alpha value is -2.77. The lowest BCUT2D eigenvalue weighted by Gasteiger charge is -2.29. The van der Waals surface area contributed by atoms with Gasteiger partial charge in [0.15, 0.2) is 9.84 Å². The summed E-state index contributed by atoms with van der Waals surface area (Å²) in [5, 5.41) is 3.27. The Morgan fingerprint density at radius 1 is 0.935 bits per heavy atom. The van der Waals surface area contributed by atoms with E-state index in [1.54, 1.807) is 16.7 Å². The molecule has 0 aromatic heterocycles. The van der Waals surface area contributed by atoms with Crippen LogP contribution in [0.2, 0.25) is 0 Å². The molecule has 0 radical (unpaired) electrons. The number of sulfone groups is 1. The molecule has 1 N–H and O–H groups in total. The van der Waals surface area contributed by atoms with Gasteiger partial charge in [-0.25, -0.2) is 8.42 Å². The Balaban J connectivity index is 1.51. The maximum atomic E-state index is 13.2. The summed E-state index contributed by atoms with van der Waals surface area (Å²) in [6.07, 6.45) is 0.462. The van der Waals surface area contributed by atoms with Gasteiger partial charge in [-0.1, -0.05) is 60.3 Å². The summed E-state index contributed by atoms with van der Waals surface area (Å²) in [6.45, 7) is 0.0812. The number of carbonyl (C=O) groups excluding carboxylic acids is 1. The molecule has 0 spiro atoms. The minimum atomic E-state index is -3.11. The number of nitrogens with one attached hydrogen (secondary N) is 1. The molecule has 3 aromatic carbocycles. The molecule has 1 unspecified atom stereocenters. The van der Waals surface area contributed by atoms with Crippen molar-refractivity contribution in [2.75, 3.05) is 28.3 Å². The van der Waals surface area contributed by atoms with Crippen LogP contribution in [-0.4, -0.2) is 38.4 Å². The molecule has 1 aliphatic heterocycles. The Kier molecular flexibility index (Phi) is 6.63. The summed E-state index contributed by atoms with van der Waals surface area (Å²) < 4.78 is 24.1. The molecule has 0 aliphatic carbocycles. The van der Waals surface area contributed by atoms with E-state index in [1.807, 2.05) is 84.9 Å². The minimum absolute atomic E-state index is 0.00802. The van der Waals surface area contributed by atoms with Gasteiger partial charge in [0.2, 0.25) is 5.91 Å². The maximum absolute atomic E-state index is 13.2. The van der Waals surface area contributed by atoms with Crippen LogP contribution >= 0.6 is 11.8 Å². The Morgan fingerprint density at radius 2 is 1.58 bits per heavy atom. The summed E-state index contributed by atoms with van der Waals surface area (Å²) in [5.41, 5.74) is 1.60. The van der Waals surface area contributed by atoms with Crippen LogP contribution in [0.15, 0.2) is 94.7 Å². The molecule has 0 bridgehead atoms. The van der Waals surface area contributed by atoms with Crippen molar-refractivity contribution in [3.05, 3.63) is 84.9 Å². The number of nitrogens with zero attached hydrogens (tertiary/aromatic N) is 1. The third-order valence-corrected chi connectivity index (χ3v) is 8.00. The minimum Gasteiger partial charge on any atom is -0.375 e. The monoisotopic (exact) mass is 452 g/mol. The van der Waals surface area contributed by atoms with Crippen LogP contribution in [0.1, 0.15) is 6.42 Å². The van der Waals surface area contributed by atoms with Gasteiger partial charge in [0, 0.05) is 21.2 Å². The molecule has 3 aromatic rings. The van der Waals surface area contributed by atoms with Crippen molar-refractivity contribution in [1.29, 1.82) is 0 Å². The molecular weight excluding hydrogens is 428 g/mol. The van der Waals surface area contributed by atoms with Crippen molar-refractivity contribution in [2.45, 2.75) is 22.3 Å². The highest BCUT2D eigenvalue weighted by Gasteiger charge is 2.35. The molecule has 4 rings (SSSR count). The first kappa shape index (κ1) is 21.5. The summed E-state index contributed by atoms with van der Waals surface area (Å²) >= 11 is 1.63. The number of hydrogen-bond donors (Lipinski definition) is 1. The van der Waals surface area contributed by atoms with Gasteiger partial charge >= 0.3 is 0 Å². The van der Waals surface area contributed by atoms with Crippen molar-refractivity contribution < 1.29 is 13.2 Å². The quantitative estimate of drug-likeness (QED) is 0.573. The number of para-hydroxylation sites is 2. The zero-order chi connectivity index (χ0) is 21.7. The van der Waals surface area contributed by atoms with E-state index >= 15 is 0 Å². The van der Waals surface area contributed by atoms with E-state index in [1.165, 1.54) is 0 Å². The van der Waals surface area contributed by atoms with Crippen LogP contribution in [0, 0.1) is 0 Å². The number of hydrogen-bond acceptors (Lipinski definition) is 5. The summed E-state index contributed by atoms with van der Waals surface area (Å²) in [6, 6.07) is 26.9. The fraction of sp³-hybridized carbons (Fsp3) is 0.208. The first-order valence-corrected chi connectivity index (χ1v) is 12.8. The van der Waals surface area contributed by atoms with Crippen LogP contribution in [0.4, 0.5) is 11.4 Å². The van der Waals surface area contributed by atoms with Crippen molar-refractivity contribution in [3.8, 4) is 0 Å². The molecule has 1 fully saturated rings. The van der Waals surface area contributed by atoms with Crippen LogP contribution < -0.4 is 10.2 Å². The van der Waals surface area contributed by atoms with Crippen molar-refractivity contribution in [1.82, 2.24) is 0 Å². The molecule has 1 atom stereocenters. The van der Waals surface area contributed by atoms with Crippen molar-refractivity contribution in [2.24, 2.45) is 0 Å². The van der Waals surface area contributed by atoms with Gasteiger partial charge in [0.05, 0.1) is 24.1 Å². The van der Waals surface area contributed by atoms with E-state index in [2.05, 4.69) is 5.32 Å². The highest BCUT2D eigenvalue weighted by molar-refractivity contribution is 7.99. The second-order valence-electron chi connectivity index (χ2n) is 7.42. The van der Waals surface area contributed by atoms with Gasteiger partial charge in [-0.3, -0.25) is 4.79 Å². The summed E-state index contributed by atoms with van der Waals surface area (Å²) in [4.78, 5) is 17.0. The second kappa shape index (κ2) is 9.58. The zero-order valence-electron chi connectivity index (χ0n) is 17.0. The van der Waals surface area contributed by atoms with E-state index in [9.17, 15) is 13.2 Å². The first-order valence-electron chi connectivity index (χ1n) is 10.2. The zero-order valence-corrected chi connectivity index (χ0v) is 18.6. The molecule has 1 amide bonds. The average molecular weight is 453 g/mol. The topological polar surface area (TPSA) is 66.5 Å². The van der Waals surface area contributed by atoms with Gasteiger partial charge < -0.3 is 10.2 Å². The molecule has 5 nitrogen and oxygen atoms in total. The van der Waals surface area contributed by atoms with E-state index in [4.69, 9.17) is 0 Å². The van der Waals surface area contributed by atoms with Crippen LogP contribution in [-0.2, 0) is 14.6 Å². The average Bonchev–Trinajstić information content (AvgIpc) is 3.14. The first-order chi connectivity index (χ1) is 15.0. The highest BCUT2D eigenvalue weighted by atomic mass is 32.2. The van der Waals surface area contributed by atoms with Crippen LogP contribution in [0.25, 0.3) is 0 Å². The van der Waals surface area contributed by atoms with Gasteiger partial charge in [0.25, 0.3) is 0 Å². The number of carbonyl (C=O) groups is 1. The maximum Gasteiger partial charge on any atom is 0.246 e. The molecule has 0 saturated carbocycles. The molecule has 1 aliphatic rings. The number of amides is 1. The largest absolute Gasteiger partial charge is 0.375 e. The van der Waals surface area contributed by atoms with Crippen LogP contribution in [0.5, 0.6) is 0 Å². The molecule has 160 valence electrons. The predicted octanol–water partition coefficient (Wildman–Crippen LogP) is 4.47. The van der Waals surface area contributed by atoms with E-state index < -0.39 is 9.84 Å². The fourth-order valence-corrected chi connectivity index (χ4v) is 6.34. The van der Waals surface area contributed by atoms with Gasteiger partial charge in [0.1, 0.15) is 0 Å². The lowest BCUT2D eigenvalue weighted by atomic mass is 10.1. The van der Waals surface area contributed by atoms with Crippen LogP contribution in [0.3, 0.4) is 0 Å². The Morgan fingerprint density at radius 3 is 2.26 bits per heavy atom. The Labute approximate surface area is 187 Å². The number of benzene rings is 3. The van der Waals surface area contributed by atoms with Gasteiger partial charge in [-0.2, -0.15) is 0 Å². The normalized spacial score (nSPS) is 17.2. The summed E-state index contributed by atoms with van der Waals surface area (Å²) in [5.74, 6) is -0.0143. The molecular formula is C24H24N2O3S2. The lowest BCUT2D eigenvalue weighted by Crippen LogP contribution is -2.44. The lowest BCUT2D eigenvalue weighted by molar-refractivity contribution is -0.117. The predicted molar refractivity (Wildman–Crippen MR) is 126 cm³/mol. The van der Waals surface area contributed by atoms with E-state index in [-0.39, 0.29) is 30.0 Å². The SMILES string of the molecule is O=C(CNc1ccccc1Sc1ccccc1)N(c1ccccc1)C1CCS(=O)(=O)C1. The van der Waals surface area contributed by atoms with Gasteiger partial charge in [-0.05, 0) is 42.8 Å². The van der Waals surface area contributed by atoms with E-state index in [0.717, 1.165) is 21.2 Å².